The van der Waals surface area contributed by atoms with Crippen LogP contribution in [0.4, 0.5) is 14.9 Å². The first-order valence-electron chi connectivity index (χ1n) is 7.73. The summed E-state index contributed by atoms with van der Waals surface area (Å²) in [4.78, 5) is 22.5. The average Bonchev–Trinajstić information content (AvgIpc) is 2.51. The SMILES string of the molecule is CC(C)(C)OC(=O)Nc1cccc(COc2cc(F)cc(C=O)c2)c1. The van der Waals surface area contributed by atoms with Crippen LogP contribution in [-0.4, -0.2) is 18.0 Å². The van der Waals surface area contributed by atoms with E-state index in [2.05, 4.69) is 5.32 Å². The van der Waals surface area contributed by atoms with Crippen LogP contribution in [0.5, 0.6) is 5.75 Å². The predicted molar refractivity (Wildman–Crippen MR) is 92.4 cm³/mol. The normalized spacial score (nSPS) is 10.9. The number of rotatable bonds is 5. The van der Waals surface area contributed by atoms with Gasteiger partial charge >= 0.3 is 6.09 Å². The Kier molecular flexibility index (Phi) is 5.75. The minimum Gasteiger partial charge on any atom is -0.489 e. The second kappa shape index (κ2) is 7.79. The third-order valence-electron chi connectivity index (χ3n) is 3.01. The molecule has 0 saturated heterocycles. The van der Waals surface area contributed by atoms with E-state index in [4.69, 9.17) is 9.47 Å². The van der Waals surface area contributed by atoms with E-state index >= 15 is 0 Å². The molecule has 0 unspecified atom stereocenters. The predicted octanol–water partition coefficient (Wildman–Crippen LogP) is 4.56. The molecule has 0 saturated carbocycles. The molecular formula is C19H20FNO4. The number of anilines is 1. The van der Waals surface area contributed by atoms with Crippen molar-refractivity contribution < 1.29 is 23.5 Å². The van der Waals surface area contributed by atoms with E-state index in [1.165, 1.54) is 12.1 Å². The number of amides is 1. The van der Waals surface area contributed by atoms with Gasteiger partial charge in [-0.15, -0.1) is 0 Å². The van der Waals surface area contributed by atoms with Crippen LogP contribution < -0.4 is 10.1 Å². The fourth-order valence-electron chi connectivity index (χ4n) is 2.06. The van der Waals surface area contributed by atoms with Crippen molar-refractivity contribution >= 4 is 18.1 Å². The van der Waals surface area contributed by atoms with Crippen molar-refractivity contribution in [3.63, 3.8) is 0 Å². The first kappa shape index (κ1) is 18.4. The number of carbonyl (C=O) groups is 2. The van der Waals surface area contributed by atoms with Gasteiger partial charge < -0.3 is 9.47 Å². The molecule has 0 heterocycles. The zero-order valence-electron chi connectivity index (χ0n) is 14.3. The second-order valence-corrected chi connectivity index (χ2v) is 6.45. The molecule has 1 N–H and O–H groups in total. The molecule has 0 aliphatic rings. The lowest BCUT2D eigenvalue weighted by Gasteiger charge is -2.19. The van der Waals surface area contributed by atoms with Crippen LogP contribution >= 0.6 is 0 Å². The highest BCUT2D eigenvalue weighted by atomic mass is 19.1. The summed E-state index contributed by atoms with van der Waals surface area (Å²) in [5, 5.41) is 2.64. The van der Waals surface area contributed by atoms with Gasteiger partial charge in [0.25, 0.3) is 0 Å². The molecule has 1 amide bonds. The van der Waals surface area contributed by atoms with Crippen LogP contribution in [0.3, 0.4) is 0 Å². The number of halogens is 1. The van der Waals surface area contributed by atoms with Gasteiger partial charge in [-0.3, -0.25) is 10.1 Å². The zero-order valence-corrected chi connectivity index (χ0v) is 14.3. The number of hydrogen-bond donors (Lipinski definition) is 1. The summed E-state index contributed by atoms with van der Waals surface area (Å²) in [5.74, 6) is -0.285. The number of aldehydes is 1. The third kappa shape index (κ3) is 6.25. The van der Waals surface area contributed by atoms with E-state index in [-0.39, 0.29) is 17.9 Å². The second-order valence-electron chi connectivity index (χ2n) is 6.45. The molecule has 0 bridgehead atoms. The fraction of sp³-hybridized carbons (Fsp3) is 0.263. The van der Waals surface area contributed by atoms with Gasteiger partial charge in [0.1, 0.15) is 30.1 Å². The lowest BCUT2D eigenvalue weighted by atomic mass is 10.2. The molecule has 2 aromatic carbocycles. The Labute approximate surface area is 145 Å². The van der Waals surface area contributed by atoms with Crippen molar-refractivity contribution in [1.82, 2.24) is 0 Å². The van der Waals surface area contributed by atoms with Crippen LogP contribution in [0, 0.1) is 5.82 Å². The van der Waals surface area contributed by atoms with Gasteiger partial charge in [-0.25, -0.2) is 9.18 Å². The van der Waals surface area contributed by atoms with E-state index in [0.29, 0.717) is 12.0 Å². The molecule has 5 nitrogen and oxygen atoms in total. The minimum atomic E-state index is -0.585. The number of hydrogen-bond acceptors (Lipinski definition) is 4. The Morgan fingerprint density at radius 1 is 1.20 bits per heavy atom. The highest BCUT2D eigenvalue weighted by molar-refractivity contribution is 5.84. The quantitative estimate of drug-likeness (QED) is 0.807. The molecule has 0 radical (unpaired) electrons. The number of carbonyl (C=O) groups excluding carboxylic acids is 2. The van der Waals surface area contributed by atoms with Gasteiger partial charge in [0.15, 0.2) is 0 Å². The third-order valence-corrected chi connectivity index (χ3v) is 3.01. The van der Waals surface area contributed by atoms with Crippen LogP contribution in [0.2, 0.25) is 0 Å². The van der Waals surface area contributed by atoms with Gasteiger partial charge in [0.05, 0.1) is 0 Å². The van der Waals surface area contributed by atoms with Crippen molar-refractivity contribution in [1.29, 1.82) is 0 Å². The average molecular weight is 345 g/mol. The van der Waals surface area contributed by atoms with Crippen molar-refractivity contribution in [2.45, 2.75) is 33.0 Å². The summed E-state index contributed by atoms with van der Waals surface area (Å²) in [6.45, 7) is 5.50. The Morgan fingerprint density at radius 3 is 2.64 bits per heavy atom. The number of nitrogens with one attached hydrogen (secondary N) is 1. The van der Waals surface area contributed by atoms with Crippen LogP contribution in [0.1, 0.15) is 36.7 Å². The van der Waals surface area contributed by atoms with Gasteiger partial charge in [-0.05, 0) is 50.6 Å². The number of benzene rings is 2. The van der Waals surface area contributed by atoms with Crippen molar-refractivity contribution in [3.05, 3.63) is 59.4 Å². The Balaban J connectivity index is 2.01. The van der Waals surface area contributed by atoms with E-state index in [1.54, 1.807) is 45.0 Å². The lowest BCUT2D eigenvalue weighted by molar-refractivity contribution is 0.0635. The molecular weight excluding hydrogens is 325 g/mol. The Hall–Kier alpha value is -2.89. The molecule has 0 aliphatic carbocycles. The van der Waals surface area contributed by atoms with E-state index in [1.807, 2.05) is 0 Å². The van der Waals surface area contributed by atoms with Crippen molar-refractivity contribution in [2.75, 3.05) is 5.32 Å². The summed E-state index contributed by atoms with van der Waals surface area (Å²) >= 11 is 0. The summed E-state index contributed by atoms with van der Waals surface area (Å²) in [6, 6.07) is 10.8. The Bertz CT molecular complexity index is 768. The summed E-state index contributed by atoms with van der Waals surface area (Å²) < 4.78 is 24.1. The van der Waals surface area contributed by atoms with Gasteiger partial charge in [0, 0.05) is 17.3 Å². The highest BCUT2D eigenvalue weighted by Crippen LogP contribution is 2.19. The summed E-state index contributed by atoms with van der Waals surface area (Å²) in [6.07, 6.45) is 0.00716. The maximum absolute atomic E-state index is 13.4. The van der Waals surface area contributed by atoms with E-state index in [0.717, 1.165) is 11.6 Å². The fourth-order valence-corrected chi connectivity index (χ4v) is 2.06. The smallest absolute Gasteiger partial charge is 0.412 e. The molecule has 6 heteroatoms. The molecule has 132 valence electrons. The molecule has 0 aliphatic heterocycles. The van der Waals surface area contributed by atoms with Crippen molar-refractivity contribution in [3.8, 4) is 5.75 Å². The standard InChI is InChI=1S/C19H20FNO4/c1-19(2,3)25-18(23)21-16-6-4-5-13(8-16)12-24-17-9-14(11-22)7-15(20)10-17/h4-11H,12H2,1-3H3,(H,21,23). The maximum atomic E-state index is 13.4. The van der Waals surface area contributed by atoms with Crippen molar-refractivity contribution in [2.24, 2.45) is 0 Å². The topological polar surface area (TPSA) is 64.6 Å². The first-order valence-corrected chi connectivity index (χ1v) is 7.73. The molecule has 0 spiro atoms. The van der Waals surface area contributed by atoms with Crippen LogP contribution in [0.15, 0.2) is 42.5 Å². The molecule has 0 fully saturated rings. The molecule has 2 aromatic rings. The number of ether oxygens (including phenoxy) is 2. The molecule has 0 aromatic heterocycles. The van der Waals surface area contributed by atoms with Gasteiger partial charge in [-0.1, -0.05) is 12.1 Å². The minimum absolute atomic E-state index is 0.158. The maximum Gasteiger partial charge on any atom is 0.412 e. The van der Waals surface area contributed by atoms with E-state index < -0.39 is 17.5 Å². The summed E-state index contributed by atoms with van der Waals surface area (Å²) in [5.41, 5.74) is 0.947. The lowest BCUT2D eigenvalue weighted by Crippen LogP contribution is -2.27. The van der Waals surface area contributed by atoms with Gasteiger partial charge in [-0.2, -0.15) is 0 Å². The monoisotopic (exact) mass is 345 g/mol. The van der Waals surface area contributed by atoms with E-state index in [9.17, 15) is 14.0 Å². The van der Waals surface area contributed by atoms with Crippen LogP contribution in [-0.2, 0) is 11.3 Å². The largest absolute Gasteiger partial charge is 0.489 e. The molecule has 0 atom stereocenters. The zero-order chi connectivity index (χ0) is 18.4. The highest BCUT2D eigenvalue weighted by Gasteiger charge is 2.16. The first-order chi connectivity index (χ1) is 11.7. The van der Waals surface area contributed by atoms with Crippen LogP contribution in [0.25, 0.3) is 0 Å². The molecule has 2 rings (SSSR count). The molecule has 25 heavy (non-hydrogen) atoms. The summed E-state index contributed by atoms with van der Waals surface area (Å²) in [7, 11) is 0. The Morgan fingerprint density at radius 2 is 1.96 bits per heavy atom. The van der Waals surface area contributed by atoms with Gasteiger partial charge in [0.2, 0.25) is 0 Å².